The topological polar surface area (TPSA) is 64.8 Å². The van der Waals surface area contributed by atoms with E-state index < -0.39 is 28.1 Å². The number of hydrogen-bond donors (Lipinski definition) is 0. The minimum absolute atomic E-state index is 0.00718. The fourth-order valence-corrected chi connectivity index (χ4v) is 3.18. The lowest BCUT2D eigenvalue weighted by Gasteiger charge is -2.39. The molecule has 2 fully saturated rings. The quantitative estimate of drug-likeness (QED) is 0.607. The summed E-state index contributed by atoms with van der Waals surface area (Å²) in [5.74, 6) is -0.649. The van der Waals surface area contributed by atoms with Crippen LogP contribution >= 0.6 is 0 Å². The highest BCUT2D eigenvalue weighted by molar-refractivity contribution is 5.57. The van der Waals surface area contributed by atoms with Gasteiger partial charge in [0.25, 0.3) is 5.69 Å². The smallest absolute Gasteiger partial charge is 0.371 e. The van der Waals surface area contributed by atoms with Crippen LogP contribution in [0.3, 0.4) is 0 Å². The third-order valence-corrected chi connectivity index (χ3v) is 4.37. The summed E-state index contributed by atoms with van der Waals surface area (Å²) in [5.41, 5.74) is -1.85. The molecule has 0 amide bonds. The van der Waals surface area contributed by atoms with Crippen molar-refractivity contribution in [2.75, 3.05) is 24.6 Å². The number of ether oxygens (including phenoxy) is 2. The van der Waals surface area contributed by atoms with Gasteiger partial charge in [0.2, 0.25) is 0 Å². The maximum Gasteiger partial charge on any atom is 0.423 e. The van der Waals surface area contributed by atoms with E-state index in [2.05, 4.69) is 0 Å². The van der Waals surface area contributed by atoms with Crippen molar-refractivity contribution in [3.05, 3.63) is 33.9 Å². The number of benzene rings is 1. The number of anilines is 1. The van der Waals surface area contributed by atoms with Crippen LogP contribution in [-0.2, 0) is 15.7 Å². The van der Waals surface area contributed by atoms with Gasteiger partial charge in [0.1, 0.15) is 5.56 Å². The second-order valence-electron chi connectivity index (χ2n) is 6.09. The van der Waals surface area contributed by atoms with E-state index >= 15 is 0 Å². The highest BCUT2D eigenvalue weighted by Gasteiger charge is 2.43. The van der Waals surface area contributed by atoms with E-state index in [4.69, 9.17) is 9.47 Å². The molecule has 1 aromatic carbocycles. The van der Waals surface area contributed by atoms with E-state index in [1.807, 2.05) is 6.92 Å². The van der Waals surface area contributed by atoms with E-state index in [1.165, 1.54) is 6.07 Å². The zero-order valence-corrected chi connectivity index (χ0v) is 13.0. The van der Waals surface area contributed by atoms with E-state index in [1.54, 1.807) is 4.90 Å². The summed E-state index contributed by atoms with van der Waals surface area (Å²) >= 11 is 0. The number of alkyl halides is 3. The minimum Gasteiger partial charge on any atom is -0.371 e. The van der Waals surface area contributed by atoms with Crippen LogP contribution in [0.25, 0.3) is 0 Å². The minimum atomic E-state index is -4.78. The number of halogens is 3. The molecule has 0 radical (unpaired) electrons. The van der Waals surface area contributed by atoms with Gasteiger partial charge in [-0.1, -0.05) is 0 Å². The summed E-state index contributed by atoms with van der Waals surface area (Å²) in [7, 11) is 0. The lowest BCUT2D eigenvalue weighted by Crippen LogP contribution is -2.45. The Balaban J connectivity index is 1.80. The van der Waals surface area contributed by atoms with E-state index in [-0.39, 0.29) is 6.10 Å². The monoisotopic (exact) mass is 346 g/mol. The van der Waals surface area contributed by atoms with Crippen molar-refractivity contribution in [1.82, 2.24) is 0 Å². The Kier molecular flexibility index (Phi) is 4.16. The molecule has 1 aromatic rings. The molecule has 9 heteroatoms. The van der Waals surface area contributed by atoms with Crippen LogP contribution in [0.4, 0.5) is 24.5 Å². The first kappa shape index (κ1) is 17.0. The number of hydrogen-bond acceptors (Lipinski definition) is 5. The largest absolute Gasteiger partial charge is 0.423 e. The molecule has 2 saturated heterocycles. The molecule has 0 saturated carbocycles. The SMILES string of the molecule is CC1COC2(CCN(c3ccc([N+](=O)[O-])c(C(F)(F)F)c3)CC2)O1. The van der Waals surface area contributed by atoms with Crippen LogP contribution in [-0.4, -0.2) is 36.5 Å². The second-order valence-corrected chi connectivity index (χ2v) is 6.09. The predicted octanol–water partition coefficient (Wildman–Crippen LogP) is 3.35. The molecule has 1 spiro atoms. The zero-order valence-electron chi connectivity index (χ0n) is 13.0. The molecule has 2 aliphatic heterocycles. The molecule has 0 N–H and O–H groups in total. The van der Waals surface area contributed by atoms with Gasteiger partial charge in [-0.25, -0.2) is 0 Å². The molecular formula is C15H17F3N2O4. The zero-order chi connectivity index (χ0) is 17.5. The van der Waals surface area contributed by atoms with Gasteiger partial charge in [-0.15, -0.1) is 0 Å². The average molecular weight is 346 g/mol. The normalized spacial score (nSPS) is 23.7. The molecule has 0 aliphatic carbocycles. The van der Waals surface area contributed by atoms with Crippen LogP contribution in [0.1, 0.15) is 25.3 Å². The van der Waals surface area contributed by atoms with Gasteiger partial charge < -0.3 is 14.4 Å². The first-order valence-electron chi connectivity index (χ1n) is 7.63. The van der Waals surface area contributed by atoms with Gasteiger partial charge >= 0.3 is 6.18 Å². The van der Waals surface area contributed by atoms with Crippen molar-refractivity contribution in [3.63, 3.8) is 0 Å². The summed E-state index contributed by atoms with van der Waals surface area (Å²) < 4.78 is 50.7. The molecule has 1 unspecified atom stereocenters. The molecule has 132 valence electrons. The number of nitro groups is 1. The Morgan fingerprint density at radius 3 is 2.50 bits per heavy atom. The van der Waals surface area contributed by atoms with Gasteiger partial charge in [-0.3, -0.25) is 10.1 Å². The number of rotatable bonds is 2. The molecule has 1 atom stereocenters. The summed E-state index contributed by atoms with van der Waals surface area (Å²) in [6.07, 6.45) is -3.69. The molecule has 6 nitrogen and oxygen atoms in total. The van der Waals surface area contributed by atoms with Crippen LogP contribution in [0.2, 0.25) is 0 Å². The van der Waals surface area contributed by atoms with Gasteiger partial charge in [-0.05, 0) is 19.1 Å². The van der Waals surface area contributed by atoms with Gasteiger partial charge in [0, 0.05) is 37.7 Å². The summed E-state index contributed by atoms with van der Waals surface area (Å²) in [6, 6.07) is 3.10. The fraction of sp³-hybridized carbons (Fsp3) is 0.600. The van der Waals surface area contributed by atoms with Crippen LogP contribution < -0.4 is 4.90 Å². The highest BCUT2D eigenvalue weighted by atomic mass is 19.4. The first-order chi connectivity index (χ1) is 11.2. The van der Waals surface area contributed by atoms with Crippen molar-refractivity contribution < 1.29 is 27.6 Å². The molecule has 2 heterocycles. The molecule has 2 aliphatic rings. The highest BCUT2D eigenvalue weighted by Crippen LogP contribution is 2.40. The van der Waals surface area contributed by atoms with Crippen molar-refractivity contribution >= 4 is 11.4 Å². The Labute approximate surface area is 136 Å². The maximum absolute atomic E-state index is 13.1. The van der Waals surface area contributed by atoms with Crippen LogP contribution in [0.5, 0.6) is 0 Å². The Morgan fingerprint density at radius 2 is 2.00 bits per heavy atom. The molecular weight excluding hydrogens is 329 g/mol. The van der Waals surface area contributed by atoms with Crippen molar-refractivity contribution in [2.45, 2.75) is 37.8 Å². The van der Waals surface area contributed by atoms with E-state index in [0.29, 0.717) is 38.2 Å². The fourth-order valence-electron chi connectivity index (χ4n) is 3.18. The average Bonchev–Trinajstić information content (AvgIpc) is 2.87. The number of piperidine rings is 1. The van der Waals surface area contributed by atoms with Gasteiger partial charge in [-0.2, -0.15) is 13.2 Å². The lowest BCUT2D eigenvalue weighted by atomic mass is 10.0. The van der Waals surface area contributed by atoms with Crippen LogP contribution in [0, 0.1) is 10.1 Å². The maximum atomic E-state index is 13.1. The Hall–Kier alpha value is -1.87. The number of nitrogens with zero attached hydrogens (tertiary/aromatic N) is 2. The summed E-state index contributed by atoms with van der Waals surface area (Å²) in [4.78, 5) is 11.6. The summed E-state index contributed by atoms with van der Waals surface area (Å²) in [5, 5.41) is 10.8. The lowest BCUT2D eigenvalue weighted by molar-refractivity contribution is -0.388. The van der Waals surface area contributed by atoms with Crippen LogP contribution in [0.15, 0.2) is 18.2 Å². The standard InChI is InChI=1S/C15H17F3N2O4/c1-10-9-23-14(24-10)4-6-19(7-5-14)11-2-3-13(20(21)22)12(8-11)15(16,17)18/h2-3,8,10H,4-7,9H2,1H3. The van der Waals surface area contributed by atoms with E-state index in [9.17, 15) is 23.3 Å². The molecule has 24 heavy (non-hydrogen) atoms. The van der Waals surface area contributed by atoms with Crippen molar-refractivity contribution in [3.8, 4) is 0 Å². The molecule has 3 rings (SSSR count). The predicted molar refractivity (Wildman–Crippen MR) is 78.8 cm³/mol. The molecule has 0 bridgehead atoms. The third kappa shape index (κ3) is 3.18. The van der Waals surface area contributed by atoms with E-state index in [0.717, 1.165) is 12.1 Å². The van der Waals surface area contributed by atoms with Crippen molar-refractivity contribution in [2.24, 2.45) is 0 Å². The Bertz CT molecular complexity index is 642. The third-order valence-electron chi connectivity index (χ3n) is 4.37. The van der Waals surface area contributed by atoms with Gasteiger partial charge in [0.15, 0.2) is 5.79 Å². The van der Waals surface area contributed by atoms with Crippen molar-refractivity contribution in [1.29, 1.82) is 0 Å². The first-order valence-corrected chi connectivity index (χ1v) is 7.63. The Morgan fingerprint density at radius 1 is 1.33 bits per heavy atom. The second kappa shape index (κ2) is 5.89. The summed E-state index contributed by atoms with van der Waals surface area (Å²) in [6.45, 7) is 3.34. The molecule has 0 aromatic heterocycles. The number of nitro benzene ring substituents is 1. The van der Waals surface area contributed by atoms with Gasteiger partial charge in [0.05, 0.1) is 17.6 Å².